The maximum atomic E-state index is 12.6. The van der Waals surface area contributed by atoms with E-state index in [0.29, 0.717) is 21.9 Å². The number of carbonyl (C=O) groups is 2. The van der Waals surface area contributed by atoms with Gasteiger partial charge in [-0.1, -0.05) is 17.7 Å². The normalized spacial score (nSPS) is 10.4. The Morgan fingerprint density at radius 2 is 1.77 bits per heavy atom. The van der Waals surface area contributed by atoms with Crippen LogP contribution in [0.4, 0.5) is 10.7 Å². The summed E-state index contributed by atoms with van der Waals surface area (Å²) < 4.78 is 10.6. The molecular weight excluding hydrogens is 420 g/mol. The largest absolute Gasteiger partial charge is 0.484 e. The first-order chi connectivity index (χ1) is 14.9. The van der Waals surface area contributed by atoms with Gasteiger partial charge in [-0.2, -0.15) is 0 Å². The van der Waals surface area contributed by atoms with Gasteiger partial charge in [0.2, 0.25) is 0 Å². The van der Waals surface area contributed by atoms with Crippen LogP contribution in [0.3, 0.4) is 0 Å². The molecule has 0 atom stereocenters. The summed E-state index contributed by atoms with van der Waals surface area (Å²) in [4.78, 5) is 35.4. The third kappa shape index (κ3) is 5.46. The average molecular weight is 440 g/mol. The van der Waals surface area contributed by atoms with Gasteiger partial charge in [-0.05, 0) is 43.7 Å². The fraction of sp³-hybridized carbons (Fsp3) is 0.182. The first-order valence-electron chi connectivity index (χ1n) is 9.41. The third-order valence-corrected chi connectivity index (χ3v) is 5.20. The van der Waals surface area contributed by atoms with Crippen LogP contribution in [-0.4, -0.2) is 30.0 Å². The van der Waals surface area contributed by atoms with Gasteiger partial charge in [0.15, 0.2) is 6.61 Å². The molecule has 0 spiro atoms. The van der Waals surface area contributed by atoms with Gasteiger partial charge in [0.1, 0.15) is 16.3 Å². The summed E-state index contributed by atoms with van der Waals surface area (Å²) in [7, 11) is 0. The van der Waals surface area contributed by atoms with Crippen LogP contribution in [-0.2, 0) is 9.53 Å². The van der Waals surface area contributed by atoms with Crippen molar-refractivity contribution >= 4 is 33.9 Å². The van der Waals surface area contributed by atoms with E-state index in [1.165, 1.54) is 23.5 Å². The van der Waals surface area contributed by atoms with Gasteiger partial charge in [0.05, 0.1) is 11.5 Å². The number of rotatable bonds is 8. The molecule has 0 aliphatic heterocycles. The quantitative estimate of drug-likeness (QED) is 0.305. The van der Waals surface area contributed by atoms with Crippen LogP contribution in [0.15, 0.2) is 53.9 Å². The second-order valence-electron chi connectivity index (χ2n) is 6.53. The zero-order chi connectivity index (χ0) is 22.4. The molecule has 0 saturated heterocycles. The summed E-state index contributed by atoms with van der Waals surface area (Å²) >= 11 is 1.17. The number of hydrogen-bond acceptors (Lipinski definition) is 7. The molecule has 0 bridgehead atoms. The molecule has 3 aromatic rings. The number of nitrogens with one attached hydrogen (secondary N) is 1. The number of nitrogens with zero attached hydrogens (tertiary/aromatic N) is 1. The van der Waals surface area contributed by atoms with E-state index in [0.717, 1.165) is 5.56 Å². The SMILES string of the molecule is CCOC(=O)c1c(-c2ccc([N+](=O)[O-])cc2)csc1NC(=O)COc1ccc(C)cc1. The highest BCUT2D eigenvalue weighted by Gasteiger charge is 2.23. The van der Waals surface area contributed by atoms with E-state index in [-0.39, 0.29) is 24.5 Å². The van der Waals surface area contributed by atoms with E-state index in [1.807, 2.05) is 19.1 Å². The van der Waals surface area contributed by atoms with Crippen molar-refractivity contribution in [2.75, 3.05) is 18.5 Å². The molecule has 2 aromatic carbocycles. The van der Waals surface area contributed by atoms with Gasteiger partial charge in [-0.25, -0.2) is 4.79 Å². The number of anilines is 1. The molecule has 1 heterocycles. The molecule has 0 saturated carbocycles. The minimum Gasteiger partial charge on any atom is -0.484 e. The van der Waals surface area contributed by atoms with E-state index < -0.39 is 16.8 Å². The van der Waals surface area contributed by atoms with Gasteiger partial charge in [0.25, 0.3) is 11.6 Å². The minimum absolute atomic E-state index is 0.0570. The number of esters is 1. The van der Waals surface area contributed by atoms with Crippen molar-refractivity contribution in [1.29, 1.82) is 0 Å². The molecule has 1 amide bonds. The highest BCUT2D eigenvalue weighted by molar-refractivity contribution is 7.15. The number of nitro groups is 1. The lowest BCUT2D eigenvalue weighted by atomic mass is 10.0. The van der Waals surface area contributed by atoms with Crippen LogP contribution >= 0.6 is 11.3 Å². The average Bonchev–Trinajstić information content (AvgIpc) is 3.17. The number of non-ortho nitro benzene ring substituents is 1. The van der Waals surface area contributed by atoms with Crippen molar-refractivity contribution < 1.29 is 24.0 Å². The summed E-state index contributed by atoms with van der Waals surface area (Å²) in [5.41, 5.74) is 2.34. The molecule has 8 nitrogen and oxygen atoms in total. The van der Waals surface area contributed by atoms with E-state index in [2.05, 4.69) is 5.32 Å². The van der Waals surface area contributed by atoms with E-state index in [4.69, 9.17) is 9.47 Å². The van der Waals surface area contributed by atoms with E-state index >= 15 is 0 Å². The second kappa shape index (κ2) is 9.86. The van der Waals surface area contributed by atoms with Crippen molar-refractivity contribution in [2.24, 2.45) is 0 Å². The molecule has 1 aromatic heterocycles. The van der Waals surface area contributed by atoms with Crippen LogP contribution in [0.1, 0.15) is 22.8 Å². The lowest BCUT2D eigenvalue weighted by Gasteiger charge is -2.10. The van der Waals surface area contributed by atoms with Gasteiger partial charge >= 0.3 is 5.97 Å². The fourth-order valence-electron chi connectivity index (χ4n) is 2.78. The Morgan fingerprint density at radius 3 is 2.39 bits per heavy atom. The molecule has 0 unspecified atom stereocenters. The lowest BCUT2D eigenvalue weighted by Crippen LogP contribution is -2.21. The van der Waals surface area contributed by atoms with Crippen molar-refractivity contribution in [3.8, 4) is 16.9 Å². The van der Waals surface area contributed by atoms with Gasteiger partial charge in [0, 0.05) is 23.1 Å². The molecule has 3 rings (SSSR count). The Morgan fingerprint density at radius 1 is 1.10 bits per heavy atom. The first-order valence-corrected chi connectivity index (χ1v) is 10.3. The van der Waals surface area contributed by atoms with Crippen molar-refractivity contribution in [1.82, 2.24) is 0 Å². The molecule has 1 N–H and O–H groups in total. The molecule has 0 aliphatic rings. The predicted octanol–water partition coefficient (Wildman–Crippen LogP) is 4.83. The highest BCUT2D eigenvalue weighted by Crippen LogP contribution is 2.36. The molecule has 0 fully saturated rings. The zero-order valence-corrected chi connectivity index (χ0v) is 17.7. The number of amides is 1. The first kappa shape index (κ1) is 22.0. The maximum Gasteiger partial charge on any atom is 0.341 e. The molecule has 160 valence electrons. The molecule has 31 heavy (non-hydrogen) atoms. The third-order valence-electron chi connectivity index (χ3n) is 4.30. The Labute approximate surface area is 182 Å². The zero-order valence-electron chi connectivity index (χ0n) is 16.9. The van der Waals surface area contributed by atoms with Crippen LogP contribution in [0.25, 0.3) is 11.1 Å². The Kier molecular flexibility index (Phi) is 6.99. The number of nitro benzene ring substituents is 1. The highest BCUT2D eigenvalue weighted by atomic mass is 32.1. The smallest absolute Gasteiger partial charge is 0.341 e. The van der Waals surface area contributed by atoms with Crippen LogP contribution < -0.4 is 10.1 Å². The molecule has 0 radical (unpaired) electrons. The fourth-order valence-corrected chi connectivity index (χ4v) is 3.75. The predicted molar refractivity (Wildman–Crippen MR) is 118 cm³/mol. The topological polar surface area (TPSA) is 108 Å². The van der Waals surface area contributed by atoms with Gasteiger partial charge < -0.3 is 14.8 Å². The van der Waals surface area contributed by atoms with Gasteiger partial charge in [-0.3, -0.25) is 14.9 Å². The summed E-state index contributed by atoms with van der Waals surface area (Å²) in [5.74, 6) is -0.459. The van der Waals surface area contributed by atoms with Crippen molar-refractivity contribution in [3.63, 3.8) is 0 Å². The number of hydrogen-bond donors (Lipinski definition) is 1. The number of thiophene rings is 1. The summed E-state index contributed by atoms with van der Waals surface area (Å²) in [5, 5.41) is 15.6. The van der Waals surface area contributed by atoms with E-state index in [1.54, 1.807) is 36.6 Å². The van der Waals surface area contributed by atoms with Crippen molar-refractivity contribution in [2.45, 2.75) is 13.8 Å². The lowest BCUT2D eigenvalue weighted by molar-refractivity contribution is -0.384. The minimum atomic E-state index is -0.591. The van der Waals surface area contributed by atoms with Crippen LogP contribution in [0, 0.1) is 17.0 Å². The Bertz CT molecular complexity index is 1090. The second-order valence-corrected chi connectivity index (χ2v) is 7.41. The Hall–Kier alpha value is -3.72. The van der Waals surface area contributed by atoms with Crippen molar-refractivity contribution in [3.05, 3.63) is 75.2 Å². The van der Waals surface area contributed by atoms with Crippen LogP contribution in [0.5, 0.6) is 5.75 Å². The summed E-state index contributed by atoms with van der Waals surface area (Å²) in [6.45, 7) is 3.57. The Balaban J connectivity index is 1.80. The standard InChI is InChI=1S/C22H20N2O6S/c1-3-29-22(26)20-18(15-6-8-16(9-7-15)24(27)28)13-31-21(20)23-19(25)12-30-17-10-4-14(2)5-11-17/h4-11,13H,3,12H2,1-2H3,(H,23,25). The summed E-state index contributed by atoms with van der Waals surface area (Å²) in [6.07, 6.45) is 0. The number of benzene rings is 2. The number of ether oxygens (including phenoxy) is 2. The number of carbonyl (C=O) groups excluding carboxylic acids is 2. The summed E-state index contributed by atoms with van der Waals surface area (Å²) in [6, 6.07) is 13.1. The maximum absolute atomic E-state index is 12.6. The number of aryl methyl sites for hydroxylation is 1. The molecule has 9 heteroatoms. The molecular formula is C22H20N2O6S. The van der Waals surface area contributed by atoms with Crippen LogP contribution in [0.2, 0.25) is 0 Å². The monoisotopic (exact) mass is 440 g/mol. The van der Waals surface area contributed by atoms with Gasteiger partial charge in [-0.15, -0.1) is 11.3 Å². The molecule has 0 aliphatic carbocycles. The van der Waals surface area contributed by atoms with E-state index in [9.17, 15) is 19.7 Å².